The Morgan fingerprint density at radius 3 is 2.62 bits per heavy atom. The third kappa shape index (κ3) is 4.94. The Morgan fingerprint density at radius 2 is 1.77 bits per heavy atom. The van der Waals surface area contributed by atoms with Crippen LogP contribution in [0.3, 0.4) is 0 Å². The second kappa shape index (κ2) is 10.0. The topological polar surface area (TPSA) is 103 Å². The molecule has 0 spiro atoms. The normalized spacial score (nSPS) is 15.6. The van der Waals surface area contributed by atoms with Crippen molar-refractivity contribution in [3.05, 3.63) is 102 Å². The van der Waals surface area contributed by atoms with Gasteiger partial charge in [-0.15, -0.1) is 0 Å². The highest BCUT2D eigenvalue weighted by Gasteiger charge is 2.26. The van der Waals surface area contributed by atoms with E-state index in [1.807, 2.05) is 38.1 Å². The van der Waals surface area contributed by atoms with Crippen LogP contribution in [0, 0.1) is 11.7 Å². The molecule has 8 nitrogen and oxygen atoms in total. The molecule has 9 heteroatoms. The molecule has 0 saturated heterocycles. The van der Waals surface area contributed by atoms with Crippen LogP contribution in [-0.2, 0) is 4.79 Å². The van der Waals surface area contributed by atoms with Gasteiger partial charge in [0.15, 0.2) is 0 Å². The SMILES string of the molecule is CC(C)CC(=O)N=c1ccncc(-c2ccc3c(c2)/C(=C2/Nc4cncc(-c5cccc(F)c5)c4N2)NN3)c1. The fourth-order valence-corrected chi connectivity index (χ4v) is 4.67. The molecule has 0 radical (unpaired) electrons. The van der Waals surface area contributed by atoms with E-state index in [0.717, 1.165) is 56.4 Å². The lowest BCUT2D eigenvalue weighted by Crippen LogP contribution is -2.16. The number of nitrogens with zero attached hydrogens (tertiary/aromatic N) is 3. The van der Waals surface area contributed by atoms with Gasteiger partial charge in [0.2, 0.25) is 5.91 Å². The summed E-state index contributed by atoms with van der Waals surface area (Å²) in [7, 11) is 0. The molecule has 0 aliphatic carbocycles. The van der Waals surface area contributed by atoms with E-state index in [2.05, 4.69) is 42.5 Å². The van der Waals surface area contributed by atoms with Gasteiger partial charge in [-0.3, -0.25) is 20.2 Å². The summed E-state index contributed by atoms with van der Waals surface area (Å²) in [5, 5.41) is 7.42. The number of anilines is 3. The van der Waals surface area contributed by atoms with Crippen LogP contribution in [0.5, 0.6) is 0 Å². The van der Waals surface area contributed by atoms with Crippen LogP contribution >= 0.6 is 0 Å². The molecule has 0 fully saturated rings. The van der Waals surface area contributed by atoms with E-state index in [1.165, 1.54) is 12.1 Å². The third-order valence-corrected chi connectivity index (χ3v) is 6.47. The highest BCUT2D eigenvalue weighted by Crippen LogP contribution is 2.42. The van der Waals surface area contributed by atoms with Gasteiger partial charge in [-0.25, -0.2) is 9.38 Å². The molecule has 0 atom stereocenters. The molecule has 0 bridgehead atoms. The molecular weight excluding hydrogens is 493 g/mol. The predicted molar refractivity (Wildman–Crippen MR) is 150 cm³/mol. The Kier molecular flexibility index (Phi) is 6.24. The lowest BCUT2D eigenvalue weighted by atomic mass is 10.0. The number of pyridine rings is 1. The number of halogens is 1. The van der Waals surface area contributed by atoms with Gasteiger partial charge >= 0.3 is 0 Å². The fourth-order valence-electron chi connectivity index (χ4n) is 4.67. The van der Waals surface area contributed by atoms with Crippen molar-refractivity contribution in [2.45, 2.75) is 20.3 Å². The monoisotopic (exact) mass is 519 g/mol. The van der Waals surface area contributed by atoms with E-state index in [0.29, 0.717) is 11.8 Å². The number of carbonyl (C=O) groups is 1. The second-order valence-corrected chi connectivity index (χ2v) is 9.85. The average Bonchev–Trinajstić information content (AvgIpc) is 3.46. The fraction of sp³-hybridized carbons (Fsp3) is 0.133. The van der Waals surface area contributed by atoms with E-state index >= 15 is 0 Å². The van der Waals surface area contributed by atoms with E-state index in [-0.39, 0.29) is 17.6 Å². The zero-order chi connectivity index (χ0) is 26.9. The number of nitrogens with one attached hydrogen (secondary N) is 4. The van der Waals surface area contributed by atoms with Gasteiger partial charge in [0.25, 0.3) is 0 Å². The van der Waals surface area contributed by atoms with E-state index in [1.54, 1.807) is 36.9 Å². The van der Waals surface area contributed by atoms with Crippen molar-refractivity contribution in [3.8, 4) is 22.3 Å². The van der Waals surface area contributed by atoms with Crippen LogP contribution in [0.4, 0.5) is 21.5 Å². The first-order valence-corrected chi connectivity index (χ1v) is 12.7. The maximum atomic E-state index is 13.9. The number of amides is 1. The molecule has 0 saturated carbocycles. The first kappa shape index (κ1) is 24.3. The minimum absolute atomic E-state index is 0.151. The van der Waals surface area contributed by atoms with Crippen LogP contribution in [0.25, 0.3) is 28.0 Å². The van der Waals surface area contributed by atoms with E-state index in [4.69, 9.17) is 0 Å². The molecule has 1 amide bonds. The molecule has 194 valence electrons. The summed E-state index contributed by atoms with van der Waals surface area (Å²) in [6.07, 6.45) is 7.25. The van der Waals surface area contributed by atoms with Crippen molar-refractivity contribution in [1.82, 2.24) is 15.4 Å². The van der Waals surface area contributed by atoms with Crippen molar-refractivity contribution >= 4 is 28.7 Å². The number of carbonyl (C=O) groups excluding carboxylic acids is 1. The van der Waals surface area contributed by atoms with Crippen molar-refractivity contribution in [1.29, 1.82) is 0 Å². The van der Waals surface area contributed by atoms with Crippen molar-refractivity contribution in [2.24, 2.45) is 10.9 Å². The molecule has 4 aromatic rings. The highest BCUT2D eigenvalue weighted by atomic mass is 19.1. The predicted octanol–water partition coefficient (Wildman–Crippen LogP) is 5.52. The molecule has 2 aliphatic heterocycles. The van der Waals surface area contributed by atoms with Gasteiger partial charge in [-0.2, -0.15) is 0 Å². The second-order valence-electron chi connectivity index (χ2n) is 9.85. The lowest BCUT2D eigenvalue weighted by molar-refractivity contribution is -0.118. The van der Waals surface area contributed by atoms with Crippen LogP contribution < -0.4 is 26.8 Å². The van der Waals surface area contributed by atoms with Crippen molar-refractivity contribution in [3.63, 3.8) is 0 Å². The molecule has 2 aromatic heterocycles. The summed E-state index contributed by atoms with van der Waals surface area (Å²) in [6, 6.07) is 16.1. The number of rotatable bonds is 4. The molecule has 2 aliphatic rings. The van der Waals surface area contributed by atoms with Crippen LogP contribution in [0.15, 0.2) is 90.2 Å². The van der Waals surface area contributed by atoms with Gasteiger partial charge in [-0.05, 0) is 53.4 Å². The Bertz CT molecular complexity index is 1710. The lowest BCUT2D eigenvalue weighted by Gasteiger charge is -2.09. The van der Waals surface area contributed by atoms with Crippen LogP contribution in [0.2, 0.25) is 0 Å². The summed E-state index contributed by atoms with van der Waals surface area (Å²) >= 11 is 0. The highest BCUT2D eigenvalue weighted by molar-refractivity contribution is 5.96. The summed E-state index contributed by atoms with van der Waals surface area (Å²) in [4.78, 5) is 25.3. The summed E-state index contributed by atoms with van der Waals surface area (Å²) in [6.45, 7) is 3.99. The number of hydrazine groups is 1. The molecule has 39 heavy (non-hydrogen) atoms. The largest absolute Gasteiger partial charge is 0.338 e. The van der Waals surface area contributed by atoms with E-state index in [9.17, 15) is 9.18 Å². The van der Waals surface area contributed by atoms with Crippen LogP contribution in [-0.4, -0.2) is 15.9 Å². The number of hydrogen-bond acceptors (Lipinski definition) is 7. The Morgan fingerprint density at radius 1 is 0.872 bits per heavy atom. The summed E-state index contributed by atoms with van der Waals surface area (Å²) < 4.78 is 13.9. The molecule has 0 unspecified atom stereocenters. The first-order valence-electron chi connectivity index (χ1n) is 12.7. The third-order valence-electron chi connectivity index (χ3n) is 6.47. The van der Waals surface area contributed by atoms with Gasteiger partial charge in [0.1, 0.15) is 17.3 Å². The van der Waals surface area contributed by atoms with Crippen LogP contribution in [0.1, 0.15) is 25.8 Å². The Hall–Kier alpha value is -5.05. The first-order chi connectivity index (χ1) is 18.9. The zero-order valence-electron chi connectivity index (χ0n) is 21.4. The Labute approximate surface area is 224 Å². The molecular formula is C30H26FN7O. The number of hydrogen-bond donors (Lipinski definition) is 4. The smallest absolute Gasteiger partial charge is 0.246 e. The number of benzene rings is 2. The Balaban J connectivity index is 1.36. The average molecular weight is 520 g/mol. The molecule has 6 rings (SSSR count). The zero-order valence-corrected chi connectivity index (χ0v) is 21.4. The van der Waals surface area contributed by atoms with E-state index < -0.39 is 0 Å². The van der Waals surface area contributed by atoms with Crippen molar-refractivity contribution in [2.75, 3.05) is 16.1 Å². The maximum absolute atomic E-state index is 13.9. The van der Waals surface area contributed by atoms with Gasteiger partial charge in [0, 0.05) is 41.7 Å². The quantitative estimate of drug-likeness (QED) is 0.282. The van der Waals surface area contributed by atoms with Gasteiger partial charge < -0.3 is 16.1 Å². The number of fused-ring (bicyclic) bond motifs is 2. The molecule has 2 aromatic carbocycles. The standard InChI is InChI=1S/C30H26FN7O/c1-17(2)10-27(39)34-22-8-9-32-14-20(12-22)18-6-7-25-23(13-18)29(38-37-25)30-35-26-16-33-15-24(28(26)36-30)19-4-3-5-21(31)11-19/h3-9,11-17,35-38H,10H2,1-2H3/b30-29+,34-22?. The maximum Gasteiger partial charge on any atom is 0.246 e. The number of aromatic nitrogens is 2. The van der Waals surface area contributed by atoms with Crippen molar-refractivity contribution < 1.29 is 9.18 Å². The minimum Gasteiger partial charge on any atom is -0.338 e. The summed E-state index contributed by atoms with van der Waals surface area (Å²) in [5.41, 5.74) is 14.0. The molecule has 4 heterocycles. The van der Waals surface area contributed by atoms with Gasteiger partial charge in [0.05, 0.1) is 28.6 Å². The summed E-state index contributed by atoms with van der Waals surface area (Å²) in [5.74, 6) is 0.526. The van der Waals surface area contributed by atoms with Gasteiger partial charge in [-0.1, -0.05) is 32.0 Å². The minimum atomic E-state index is -0.304. The molecule has 4 N–H and O–H groups in total.